The van der Waals surface area contributed by atoms with Crippen LogP contribution in [0.2, 0.25) is 0 Å². The lowest BCUT2D eigenvalue weighted by atomic mass is 9.88. The van der Waals surface area contributed by atoms with E-state index in [1.165, 1.54) is 12.7 Å². The molecular formula is C26H31N5O2. The topological polar surface area (TPSA) is 80.2 Å². The Morgan fingerprint density at radius 1 is 1.15 bits per heavy atom. The van der Waals surface area contributed by atoms with Crippen LogP contribution in [0.25, 0.3) is 11.4 Å². The second kappa shape index (κ2) is 11.1. The number of methoxy groups -OCH3 is 1. The van der Waals surface area contributed by atoms with E-state index in [1.807, 2.05) is 42.7 Å². The van der Waals surface area contributed by atoms with Crippen LogP contribution < -0.4 is 5.32 Å². The maximum atomic E-state index is 12.3. The Labute approximate surface area is 195 Å². The van der Waals surface area contributed by atoms with E-state index < -0.39 is 0 Å². The van der Waals surface area contributed by atoms with Gasteiger partial charge in [-0.05, 0) is 49.9 Å². The molecule has 33 heavy (non-hydrogen) atoms. The van der Waals surface area contributed by atoms with Gasteiger partial charge in [0, 0.05) is 49.9 Å². The molecule has 0 spiro atoms. The molecule has 1 aliphatic heterocycles. The number of amides is 1. The number of benzene rings is 1. The number of pyridine rings is 1. The standard InChI is InChI=1S/C26H31N5O2/c1-19-8-3-4-10-22(19)26-28-14-20(15-29-26)16-31-13-7-9-21(17-31)25(30-24(32)18-33-2)23-11-5-6-12-27-23/h3-6,8,10-12,14-15,21,25H,7,9,13,16-18H2,1-2H3,(H,30,32)/t21-,25+/m0/s1. The Morgan fingerprint density at radius 2 is 1.94 bits per heavy atom. The van der Waals surface area contributed by atoms with Crippen LogP contribution in [0, 0.1) is 12.8 Å². The van der Waals surface area contributed by atoms with E-state index in [0.717, 1.165) is 55.1 Å². The van der Waals surface area contributed by atoms with Crippen molar-refractivity contribution in [1.29, 1.82) is 0 Å². The highest BCUT2D eigenvalue weighted by atomic mass is 16.5. The van der Waals surface area contributed by atoms with Gasteiger partial charge in [0.25, 0.3) is 0 Å². The number of aryl methyl sites for hydroxylation is 1. The Kier molecular flexibility index (Phi) is 7.75. The van der Waals surface area contributed by atoms with Crippen molar-refractivity contribution >= 4 is 5.91 Å². The summed E-state index contributed by atoms with van der Waals surface area (Å²) >= 11 is 0. The number of carbonyl (C=O) groups is 1. The van der Waals surface area contributed by atoms with Crippen LogP contribution in [-0.2, 0) is 16.1 Å². The van der Waals surface area contributed by atoms with E-state index >= 15 is 0 Å². The second-order valence-electron chi connectivity index (χ2n) is 8.60. The first-order valence-corrected chi connectivity index (χ1v) is 11.4. The van der Waals surface area contributed by atoms with Crippen molar-refractivity contribution in [2.24, 2.45) is 5.92 Å². The third-order valence-electron chi connectivity index (χ3n) is 6.11. The van der Waals surface area contributed by atoms with Gasteiger partial charge in [0.1, 0.15) is 6.61 Å². The zero-order chi connectivity index (χ0) is 23.0. The molecule has 1 N–H and O–H groups in total. The molecule has 3 heterocycles. The zero-order valence-electron chi connectivity index (χ0n) is 19.3. The van der Waals surface area contributed by atoms with Gasteiger partial charge >= 0.3 is 0 Å². The summed E-state index contributed by atoms with van der Waals surface area (Å²) in [6.07, 6.45) is 7.73. The molecule has 0 saturated carbocycles. The molecule has 7 heteroatoms. The molecule has 1 saturated heterocycles. The number of nitrogens with one attached hydrogen (secondary N) is 1. The van der Waals surface area contributed by atoms with Gasteiger partial charge < -0.3 is 10.1 Å². The summed E-state index contributed by atoms with van der Waals surface area (Å²) in [5.41, 5.74) is 4.21. The van der Waals surface area contributed by atoms with Crippen molar-refractivity contribution in [2.45, 2.75) is 32.4 Å². The predicted molar refractivity (Wildman–Crippen MR) is 127 cm³/mol. The Hall–Kier alpha value is -3.16. The fraction of sp³-hybridized carbons (Fsp3) is 0.385. The summed E-state index contributed by atoms with van der Waals surface area (Å²) < 4.78 is 5.02. The van der Waals surface area contributed by atoms with Crippen LogP contribution >= 0.6 is 0 Å². The Morgan fingerprint density at radius 3 is 2.67 bits per heavy atom. The van der Waals surface area contributed by atoms with Crippen molar-refractivity contribution in [3.05, 3.63) is 77.9 Å². The van der Waals surface area contributed by atoms with Crippen molar-refractivity contribution in [3.63, 3.8) is 0 Å². The average Bonchev–Trinajstić information content (AvgIpc) is 2.84. The van der Waals surface area contributed by atoms with Crippen LogP contribution in [0.5, 0.6) is 0 Å². The smallest absolute Gasteiger partial charge is 0.246 e. The van der Waals surface area contributed by atoms with Gasteiger partial charge in [-0.3, -0.25) is 14.7 Å². The van der Waals surface area contributed by atoms with Crippen LogP contribution in [0.15, 0.2) is 61.1 Å². The SMILES string of the molecule is COCC(=O)N[C@@H](c1ccccn1)[C@H]1CCCN(Cc2cnc(-c3ccccc3C)nc2)C1. The lowest BCUT2D eigenvalue weighted by Gasteiger charge is -2.37. The molecular weight excluding hydrogens is 414 g/mol. The minimum atomic E-state index is -0.142. The first-order valence-electron chi connectivity index (χ1n) is 11.4. The molecule has 2 aromatic heterocycles. The highest BCUT2D eigenvalue weighted by Crippen LogP contribution is 2.30. The largest absolute Gasteiger partial charge is 0.375 e. The fourth-order valence-corrected chi connectivity index (χ4v) is 4.50. The maximum Gasteiger partial charge on any atom is 0.246 e. The van der Waals surface area contributed by atoms with Gasteiger partial charge in [0.2, 0.25) is 5.91 Å². The summed E-state index contributed by atoms with van der Waals surface area (Å²) in [6, 6.07) is 13.9. The highest BCUT2D eigenvalue weighted by Gasteiger charge is 2.30. The van der Waals surface area contributed by atoms with Gasteiger partial charge in [-0.2, -0.15) is 0 Å². The van der Waals surface area contributed by atoms with Gasteiger partial charge in [-0.25, -0.2) is 9.97 Å². The van der Waals surface area contributed by atoms with E-state index in [9.17, 15) is 4.79 Å². The zero-order valence-corrected chi connectivity index (χ0v) is 19.3. The molecule has 0 radical (unpaired) electrons. The molecule has 7 nitrogen and oxygen atoms in total. The molecule has 0 aliphatic carbocycles. The van der Waals surface area contributed by atoms with Crippen LogP contribution in [0.3, 0.4) is 0 Å². The second-order valence-corrected chi connectivity index (χ2v) is 8.60. The minimum absolute atomic E-state index is 0.0460. The monoisotopic (exact) mass is 445 g/mol. The third-order valence-corrected chi connectivity index (χ3v) is 6.11. The number of likely N-dealkylation sites (tertiary alicyclic amines) is 1. The molecule has 4 rings (SSSR count). The summed E-state index contributed by atoms with van der Waals surface area (Å²) in [4.78, 5) is 28.5. The summed E-state index contributed by atoms with van der Waals surface area (Å²) in [6.45, 7) is 4.78. The number of rotatable bonds is 8. The molecule has 1 aromatic carbocycles. The first-order chi connectivity index (χ1) is 16.1. The molecule has 2 atom stereocenters. The number of nitrogens with zero attached hydrogens (tertiary/aromatic N) is 4. The summed E-state index contributed by atoms with van der Waals surface area (Å²) in [5.74, 6) is 0.900. The average molecular weight is 446 g/mol. The lowest BCUT2D eigenvalue weighted by molar-refractivity contribution is -0.126. The van der Waals surface area contributed by atoms with Crippen molar-refractivity contribution in [3.8, 4) is 11.4 Å². The molecule has 172 valence electrons. The Balaban J connectivity index is 1.44. The fourth-order valence-electron chi connectivity index (χ4n) is 4.50. The van der Waals surface area contributed by atoms with Gasteiger partial charge in [0.05, 0.1) is 11.7 Å². The summed E-state index contributed by atoms with van der Waals surface area (Å²) in [7, 11) is 1.53. The normalized spacial score (nSPS) is 17.5. The molecule has 0 unspecified atom stereocenters. The number of piperidine rings is 1. The van der Waals surface area contributed by atoms with E-state index in [1.54, 1.807) is 6.20 Å². The summed E-state index contributed by atoms with van der Waals surface area (Å²) in [5, 5.41) is 3.14. The molecule has 3 aromatic rings. The predicted octanol–water partition coefficient (Wildman–Crippen LogP) is 3.56. The number of carbonyl (C=O) groups excluding carboxylic acids is 1. The van der Waals surface area contributed by atoms with E-state index in [2.05, 4.69) is 44.2 Å². The quantitative estimate of drug-likeness (QED) is 0.571. The number of hydrogen-bond acceptors (Lipinski definition) is 6. The lowest BCUT2D eigenvalue weighted by Crippen LogP contribution is -2.43. The van der Waals surface area contributed by atoms with Crippen LogP contribution in [0.1, 0.15) is 35.7 Å². The number of aromatic nitrogens is 3. The molecule has 1 aliphatic rings. The van der Waals surface area contributed by atoms with E-state index in [4.69, 9.17) is 4.74 Å². The van der Waals surface area contributed by atoms with Crippen LogP contribution in [0.4, 0.5) is 0 Å². The van der Waals surface area contributed by atoms with Crippen molar-refractivity contribution in [1.82, 2.24) is 25.2 Å². The molecule has 1 amide bonds. The Bertz CT molecular complexity index is 1040. The van der Waals surface area contributed by atoms with Gasteiger partial charge in [-0.1, -0.05) is 30.3 Å². The minimum Gasteiger partial charge on any atom is -0.375 e. The third kappa shape index (κ3) is 6.00. The van der Waals surface area contributed by atoms with E-state index in [0.29, 0.717) is 0 Å². The van der Waals surface area contributed by atoms with Crippen molar-refractivity contribution < 1.29 is 9.53 Å². The first kappa shape index (κ1) is 23.0. The van der Waals surface area contributed by atoms with Gasteiger partial charge in [-0.15, -0.1) is 0 Å². The van der Waals surface area contributed by atoms with Gasteiger partial charge in [0.15, 0.2) is 5.82 Å². The highest BCUT2D eigenvalue weighted by molar-refractivity contribution is 5.77. The van der Waals surface area contributed by atoms with E-state index in [-0.39, 0.29) is 24.5 Å². The maximum absolute atomic E-state index is 12.3. The molecule has 1 fully saturated rings. The number of ether oxygens (including phenoxy) is 1. The molecule has 0 bridgehead atoms. The number of hydrogen-bond donors (Lipinski definition) is 1. The van der Waals surface area contributed by atoms with Crippen molar-refractivity contribution in [2.75, 3.05) is 26.8 Å². The van der Waals surface area contributed by atoms with Crippen LogP contribution in [-0.4, -0.2) is 52.6 Å².